The molecular formula is C20H24N2O4S. The molecule has 0 saturated carbocycles. The van der Waals surface area contributed by atoms with Gasteiger partial charge in [0.15, 0.2) is 0 Å². The molecule has 0 spiro atoms. The number of carbonyl (C=O) groups excluding carboxylic acids is 1. The van der Waals surface area contributed by atoms with E-state index in [4.69, 9.17) is 4.74 Å². The highest BCUT2D eigenvalue weighted by Crippen LogP contribution is 2.24. The zero-order chi connectivity index (χ0) is 19.6. The minimum atomic E-state index is -3.63. The molecule has 0 amide bonds. The molecule has 0 aromatic heterocycles. The van der Waals surface area contributed by atoms with E-state index in [2.05, 4.69) is 4.90 Å². The van der Waals surface area contributed by atoms with Crippen LogP contribution in [0.3, 0.4) is 0 Å². The van der Waals surface area contributed by atoms with Gasteiger partial charge in [-0.2, -0.15) is 4.31 Å². The maximum atomic E-state index is 12.9. The Morgan fingerprint density at radius 1 is 0.963 bits per heavy atom. The summed E-state index contributed by atoms with van der Waals surface area (Å²) in [5, 5.41) is 0. The Bertz CT molecular complexity index is 928. The van der Waals surface area contributed by atoms with Crippen molar-refractivity contribution in [2.75, 3.05) is 33.2 Å². The molecule has 0 aliphatic carbocycles. The van der Waals surface area contributed by atoms with Crippen LogP contribution in [0.15, 0.2) is 47.4 Å². The monoisotopic (exact) mass is 388 g/mol. The third kappa shape index (κ3) is 4.21. The van der Waals surface area contributed by atoms with Crippen molar-refractivity contribution in [1.29, 1.82) is 0 Å². The molecule has 1 aliphatic heterocycles. The zero-order valence-electron chi connectivity index (χ0n) is 15.8. The van der Waals surface area contributed by atoms with E-state index >= 15 is 0 Å². The number of rotatable bonds is 4. The average Bonchev–Trinajstić information content (AvgIpc) is 2.65. The number of para-hydroxylation sites is 1. The van der Waals surface area contributed by atoms with Crippen LogP contribution in [0.5, 0.6) is 5.75 Å². The second-order valence-corrected chi connectivity index (χ2v) is 8.78. The SMILES string of the molecule is Cc1cccc(C)c1OC(=O)c1cccc(S(=O)(=O)N2CCN(C)CC2)c1. The quantitative estimate of drug-likeness (QED) is 0.595. The first-order valence-corrected chi connectivity index (χ1v) is 10.3. The summed E-state index contributed by atoms with van der Waals surface area (Å²) in [6.45, 7) is 5.99. The van der Waals surface area contributed by atoms with Crippen molar-refractivity contribution >= 4 is 16.0 Å². The predicted octanol–water partition coefficient (Wildman–Crippen LogP) is 2.46. The number of sulfonamides is 1. The Morgan fingerprint density at radius 2 is 1.56 bits per heavy atom. The number of aryl methyl sites for hydroxylation is 2. The molecule has 1 aliphatic rings. The zero-order valence-corrected chi connectivity index (χ0v) is 16.6. The van der Waals surface area contributed by atoms with Crippen LogP contribution in [0.4, 0.5) is 0 Å². The predicted molar refractivity (Wildman–Crippen MR) is 104 cm³/mol. The second-order valence-electron chi connectivity index (χ2n) is 6.85. The van der Waals surface area contributed by atoms with Gasteiger partial charge in [0.1, 0.15) is 5.75 Å². The van der Waals surface area contributed by atoms with E-state index in [0.29, 0.717) is 31.9 Å². The molecule has 27 heavy (non-hydrogen) atoms. The van der Waals surface area contributed by atoms with Gasteiger partial charge in [0.2, 0.25) is 10.0 Å². The van der Waals surface area contributed by atoms with Crippen molar-refractivity contribution in [1.82, 2.24) is 9.21 Å². The number of piperazine rings is 1. The molecule has 2 aromatic rings. The van der Waals surface area contributed by atoms with Gasteiger partial charge in [-0.3, -0.25) is 0 Å². The van der Waals surface area contributed by atoms with Crippen LogP contribution in [0.2, 0.25) is 0 Å². The lowest BCUT2D eigenvalue weighted by molar-refractivity contribution is 0.0732. The first kappa shape index (κ1) is 19.5. The highest BCUT2D eigenvalue weighted by Gasteiger charge is 2.28. The van der Waals surface area contributed by atoms with Gasteiger partial charge in [-0.1, -0.05) is 24.3 Å². The molecule has 0 N–H and O–H groups in total. The Hall–Kier alpha value is -2.22. The number of ether oxygens (including phenoxy) is 1. The molecule has 1 heterocycles. The van der Waals surface area contributed by atoms with Crippen molar-refractivity contribution in [3.8, 4) is 5.75 Å². The summed E-state index contributed by atoms with van der Waals surface area (Å²) in [7, 11) is -1.67. The summed E-state index contributed by atoms with van der Waals surface area (Å²) >= 11 is 0. The van der Waals surface area contributed by atoms with Crippen molar-refractivity contribution in [3.63, 3.8) is 0 Å². The highest BCUT2D eigenvalue weighted by atomic mass is 32.2. The van der Waals surface area contributed by atoms with Crippen LogP contribution in [0.1, 0.15) is 21.5 Å². The van der Waals surface area contributed by atoms with Gasteiger partial charge in [0.05, 0.1) is 10.5 Å². The number of carbonyl (C=O) groups is 1. The van der Waals surface area contributed by atoms with Gasteiger partial charge in [-0.15, -0.1) is 0 Å². The Labute approximate surface area is 160 Å². The minimum absolute atomic E-state index is 0.114. The van der Waals surface area contributed by atoms with E-state index in [-0.39, 0.29) is 10.5 Å². The fraction of sp³-hybridized carbons (Fsp3) is 0.350. The summed E-state index contributed by atoms with van der Waals surface area (Å²) < 4.78 is 32.8. The fourth-order valence-corrected chi connectivity index (χ4v) is 4.54. The number of benzene rings is 2. The van der Waals surface area contributed by atoms with E-state index in [1.165, 1.54) is 16.4 Å². The van der Waals surface area contributed by atoms with E-state index in [9.17, 15) is 13.2 Å². The van der Waals surface area contributed by atoms with Gasteiger partial charge in [0, 0.05) is 26.2 Å². The summed E-state index contributed by atoms with van der Waals surface area (Å²) in [6.07, 6.45) is 0. The molecule has 2 aromatic carbocycles. The summed E-state index contributed by atoms with van der Waals surface area (Å²) in [5.41, 5.74) is 1.92. The van der Waals surface area contributed by atoms with Crippen LogP contribution in [-0.4, -0.2) is 56.8 Å². The van der Waals surface area contributed by atoms with Crippen molar-refractivity contribution in [2.24, 2.45) is 0 Å². The number of hydrogen-bond acceptors (Lipinski definition) is 5. The Balaban J connectivity index is 1.84. The van der Waals surface area contributed by atoms with E-state index in [1.807, 2.05) is 39.1 Å². The number of nitrogens with zero attached hydrogens (tertiary/aromatic N) is 2. The van der Waals surface area contributed by atoms with Crippen LogP contribution < -0.4 is 4.74 Å². The molecule has 144 valence electrons. The molecular weight excluding hydrogens is 364 g/mol. The first-order valence-electron chi connectivity index (χ1n) is 8.86. The summed E-state index contributed by atoms with van der Waals surface area (Å²) in [6, 6.07) is 11.7. The normalized spacial score (nSPS) is 16.3. The lowest BCUT2D eigenvalue weighted by Gasteiger charge is -2.31. The number of likely N-dealkylation sites (N-methyl/N-ethyl adjacent to an activating group) is 1. The van der Waals surface area contributed by atoms with Crippen LogP contribution in [0, 0.1) is 13.8 Å². The van der Waals surface area contributed by atoms with Gasteiger partial charge < -0.3 is 9.64 Å². The average molecular weight is 388 g/mol. The van der Waals surface area contributed by atoms with Crippen LogP contribution >= 0.6 is 0 Å². The van der Waals surface area contributed by atoms with Gasteiger partial charge >= 0.3 is 5.97 Å². The fourth-order valence-electron chi connectivity index (χ4n) is 3.07. The van der Waals surface area contributed by atoms with E-state index in [1.54, 1.807) is 12.1 Å². The van der Waals surface area contributed by atoms with Gasteiger partial charge in [0.25, 0.3) is 0 Å². The molecule has 1 saturated heterocycles. The van der Waals surface area contributed by atoms with E-state index in [0.717, 1.165) is 11.1 Å². The van der Waals surface area contributed by atoms with Crippen LogP contribution in [0.25, 0.3) is 0 Å². The van der Waals surface area contributed by atoms with Crippen molar-refractivity contribution < 1.29 is 17.9 Å². The number of esters is 1. The lowest BCUT2D eigenvalue weighted by Crippen LogP contribution is -2.47. The first-order chi connectivity index (χ1) is 12.8. The summed E-state index contributed by atoms with van der Waals surface area (Å²) in [5.74, 6) is -0.0577. The molecule has 0 radical (unpaired) electrons. The molecule has 3 rings (SSSR count). The molecule has 6 nitrogen and oxygen atoms in total. The Kier molecular flexibility index (Phi) is 5.64. The van der Waals surface area contributed by atoms with Gasteiger partial charge in [-0.25, -0.2) is 13.2 Å². The third-order valence-electron chi connectivity index (χ3n) is 4.77. The molecule has 1 fully saturated rings. The van der Waals surface area contributed by atoms with Gasteiger partial charge in [-0.05, 0) is 50.2 Å². The largest absolute Gasteiger partial charge is 0.422 e. The minimum Gasteiger partial charge on any atom is -0.422 e. The standard InChI is InChI=1S/C20H24N2O4S/c1-15-6-4-7-16(2)19(15)26-20(23)17-8-5-9-18(14-17)27(24,25)22-12-10-21(3)11-13-22/h4-9,14H,10-13H2,1-3H3. The summed E-state index contributed by atoms with van der Waals surface area (Å²) in [4.78, 5) is 14.8. The molecule has 7 heteroatoms. The molecule has 0 bridgehead atoms. The van der Waals surface area contributed by atoms with Crippen molar-refractivity contribution in [3.05, 3.63) is 59.2 Å². The lowest BCUT2D eigenvalue weighted by atomic mass is 10.1. The van der Waals surface area contributed by atoms with Crippen molar-refractivity contribution in [2.45, 2.75) is 18.7 Å². The Morgan fingerprint density at radius 3 is 2.19 bits per heavy atom. The number of hydrogen-bond donors (Lipinski definition) is 0. The van der Waals surface area contributed by atoms with E-state index < -0.39 is 16.0 Å². The smallest absolute Gasteiger partial charge is 0.343 e. The maximum Gasteiger partial charge on any atom is 0.343 e. The maximum absolute atomic E-state index is 12.9. The molecule has 0 unspecified atom stereocenters. The second kappa shape index (κ2) is 7.80. The highest BCUT2D eigenvalue weighted by molar-refractivity contribution is 7.89. The third-order valence-corrected chi connectivity index (χ3v) is 6.67. The molecule has 0 atom stereocenters. The van der Waals surface area contributed by atoms with Crippen LogP contribution in [-0.2, 0) is 10.0 Å². The topological polar surface area (TPSA) is 66.9 Å².